The Morgan fingerprint density at radius 3 is 2.65 bits per heavy atom. The van der Waals surface area contributed by atoms with E-state index in [1.165, 1.54) is 6.07 Å². The largest absolute Gasteiger partial charge is 0.508 e. The summed E-state index contributed by atoms with van der Waals surface area (Å²) in [6.07, 6.45) is 0. The number of carbonyl (C=O) groups is 1. The van der Waals surface area contributed by atoms with Gasteiger partial charge in [-0.3, -0.25) is 4.79 Å². The van der Waals surface area contributed by atoms with Crippen molar-refractivity contribution < 1.29 is 9.90 Å². The molecule has 0 aliphatic carbocycles. The number of aryl methyl sites for hydroxylation is 1. The first kappa shape index (κ1) is 13.5. The van der Waals surface area contributed by atoms with Crippen LogP contribution >= 0.6 is 0 Å². The third kappa shape index (κ3) is 3.46. The van der Waals surface area contributed by atoms with Gasteiger partial charge >= 0.3 is 0 Å². The number of aromatic hydroxyl groups is 1. The van der Waals surface area contributed by atoms with Gasteiger partial charge in [-0.05, 0) is 50.1 Å². The van der Waals surface area contributed by atoms with Crippen molar-refractivity contribution in [3.05, 3.63) is 29.3 Å². The molecule has 0 spiro atoms. The number of nitrogens with two attached hydrogens (primary N) is 1. The van der Waals surface area contributed by atoms with Crippen LogP contribution in [-0.2, 0) is 0 Å². The Morgan fingerprint density at radius 2 is 2.12 bits per heavy atom. The number of phenolic OH excluding ortho intramolecular Hbond substituents is 1. The molecule has 1 amide bonds. The fraction of sp³-hybridized carbons (Fsp3) is 0.462. The van der Waals surface area contributed by atoms with Crippen molar-refractivity contribution in [1.29, 1.82) is 0 Å². The summed E-state index contributed by atoms with van der Waals surface area (Å²) in [6.45, 7) is 6.23. The molecule has 2 atom stereocenters. The molecule has 0 saturated carbocycles. The molecule has 1 aromatic rings. The summed E-state index contributed by atoms with van der Waals surface area (Å²) in [5, 5.41) is 12.3. The van der Waals surface area contributed by atoms with Crippen LogP contribution in [0.5, 0.6) is 5.75 Å². The zero-order valence-electron chi connectivity index (χ0n) is 10.5. The highest BCUT2D eigenvalue weighted by Crippen LogP contribution is 2.17. The van der Waals surface area contributed by atoms with Crippen LogP contribution in [0.25, 0.3) is 0 Å². The van der Waals surface area contributed by atoms with Crippen LogP contribution in [-0.4, -0.2) is 23.6 Å². The minimum absolute atomic E-state index is 0.0293. The van der Waals surface area contributed by atoms with E-state index in [1.807, 2.05) is 13.8 Å². The highest BCUT2D eigenvalue weighted by Gasteiger charge is 2.14. The molecule has 1 rings (SSSR count). The van der Waals surface area contributed by atoms with Crippen molar-refractivity contribution in [2.24, 2.45) is 11.7 Å². The minimum Gasteiger partial charge on any atom is -0.508 e. The van der Waals surface area contributed by atoms with E-state index in [0.29, 0.717) is 17.7 Å². The van der Waals surface area contributed by atoms with Gasteiger partial charge in [0.05, 0.1) is 0 Å². The van der Waals surface area contributed by atoms with Gasteiger partial charge in [-0.25, -0.2) is 0 Å². The van der Waals surface area contributed by atoms with Gasteiger partial charge in [0.2, 0.25) is 0 Å². The number of phenols is 1. The Kier molecular flexibility index (Phi) is 4.52. The minimum atomic E-state index is -0.138. The van der Waals surface area contributed by atoms with Crippen molar-refractivity contribution in [1.82, 2.24) is 5.32 Å². The van der Waals surface area contributed by atoms with Crippen molar-refractivity contribution in [2.75, 3.05) is 6.54 Å². The van der Waals surface area contributed by atoms with Crippen molar-refractivity contribution in [3.8, 4) is 5.75 Å². The normalized spacial score (nSPS) is 14.1. The number of hydrogen-bond acceptors (Lipinski definition) is 3. The van der Waals surface area contributed by atoms with Crippen molar-refractivity contribution in [3.63, 3.8) is 0 Å². The molecule has 0 fully saturated rings. The standard InChI is InChI=1S/C13H20N2O2/c1-8-6-11(4-5-12(8)16)13(17)15-10(3)9(2)7-14/h4-6,9-10,16H,7,14H2,1-3H3,(H,15,17). The Morgan fingerprint density at radius 1 is 1.47 bits per heavy atom. The van der Waals surface area contributed by atoms with Gasteiger partial charge in [0, 0.05) is 11.6 Å². The summed E-state index contributed by atoms with van der Waals surface area (Å²) in [5.74, 6) is 0.294. The van der Waals surface area contributed by atoms with Gasteiger partial charge in [-0.1, -0.05) is 6.92 Å². The maximum atomic E-state index is 11.9. The molecule has 4 heteroatoms. The molecule has 0 aliphatic rings. The van der Waals surface area contributed by atoms with Gasteiger partial charge in [-0.15, -0.1) is 0 Å². The third-order valence-corrected chi connectivity index (χ3v) is 3.04. The lowest BCUT2D eigenvalue weighted by Crippen LogP contribution is -2.39. The van der Waals surface area contributed by atoms with Gasteiger partial charge in [0.25, 0.3) is 5.91 Å². The molecule has 0 aliphatic heterocycles. The topological polar surface area (TPSA) is 75.4 Å². The van der Waals surface area contributed by atoms with E-state index in [1.54, 1.807) is 19.1 Å². The molecule has 0 radical (unpaired) electrons. The van der Waals surface area contributed by atoms with E-state index in [2.05, 4.69) is 5.32 Å². The van der Waals surface area contributed by atoms with E-state index < -0.39 is 0 Å². The summed E-state index contributed by atoms with van der Waals surface area (Å²) in [7, 11) is 0. The van der Waals surface area contributed by atoms with Crippen LogP contribution in [0, 0.1) is 12.8 Å². The van der Waals surface area contributed by atoms with Crippen molar-refractivity contribution >= 4 is 5.91 Å². The molecule has 4 N–H and O–H groups in total. The smallest absolute Gasteiger partial charge is 0.251 e. The highest BCUT2D eigenvalue weighted by molar-refractivity contribution is 5.94. The predicted molar refractivity (Wildman–Crippen MR) is 68.0 cm³/mol. The van der Waals surface area contributed by atoms with Crippen LogP contribution in [0.1, 0.15) is 29.8 Å². The number of benzene rings is 1. The number of hydrogen-bond donors (Lipinski definition) is 3. The molecule has 0 aromatic heterocycles. The molecule has 1 aromatic carbocycles. The summed E-state index contributed by atoms with van der Waals surface area (Å²) in [6, 6.07) is 4.84. The lowest BCUT2D eigenvalue weighted by atomic mass is 10.0. The zero-order chi connectivity index (χ0) is 13.0. The van der Waals surface area contributed by atoms with E-state index in [4.69, 9.17) is 5.73 Å². The Labute approximate surface area is 102 Å². The first-order chi connectivity index (χ1) is 7.95. The quantitative estimate of drug-likeness (QED) is 0.740. The lowest BCUT2D eigenvalue weighted by Gasteiger charge is -2.19. The van der Waals surface area contributed by atoms with Crippen LogP contribution < -0.4 is 11.1 Å². The van der Waals surface area contributed by atoms with Crippen LogP contribution in [0.3, 0.4) is 0 Å². The number of rotatable bonds is 4. The molecule has 94 valence electrons. The zero-order valence-corrected chi connectivity index (χ0v) is 10.5. The van der Waals surface area contributed by atoms with Crippen LogP contribution in [0.4, 0.5) is 0 Å². The van der Waals surface area contributed by atoms with E-state index >= 15 is 0 Å². The van der Waals surface area contributed by atoms with E-state index in [-0.39, 0.29) is 23.6 Å². The SMILES string of the molecule is Cc1cc(C(=O)NC(C)C(C)CN)ccc1O. The molecular formula is C13H20N2O2. The Balaban J connectivity index is 2.73. The monoisotopic (exact) mass is 236 g/mol. The second kappa shape index (κ2) is 5.68. The second-order valence-corrected chi connectivity index (χ2v) is 4.48. The fourth-order valence-corrected chi connectivity index (χ4v) is 1.43. The van der Waals surface area contributed by atoms with Crippen molar-refractivity contribution in [2.45, 2.75) is 26.8 Å². The maximum Gasteiger partial charge on any atom is 0.251 e. The average Bonchev–Trinajstić information content (AvgIpc) is 2.31. The molecule has 0 bridgehead atoms. The van der Waals surface area contributed by atoms with Gasteiger partial charge < -0.3 is 16.2 Å². The Bertz CT molecular complexity index is 404. The van der Waals surface area contributed by atoms with E-state index in [9.17, 15) is 9.90 Å². The third-order valence-electron chi connectivity index (χ3n) is 3.04. The molecule has 17 heavy (non-hydrogen) atoms. The molecule has 4 nitrogen and oxygen atoms in total. The molecule has 2 unspecified atom stereocenters. The van der Waals surface area contributed by atoms with Crippen LogP contribution in [0.15, 0.2) is 18.2 Å². The van der Waals surface area contributed by atoms with E-state index in [0.717, 1.165) is 0 Å². The summed E-state index contributed by atoms with van der Waals surface area (Å²) < 4.78 is 0. The number of amides is 1. The second-order valence-electron chi connectivity index (χ2n) is 4.48. The lowest BCUT2D eigenvalue weighted by molar-refractivity contribution is 0.0929. The summed E-state index contributed by atoms with van der Waals surface area (Å²) in [5.41, 5.74) is 6.79. The predicted octanol–water partition coefficient (Wildman–Crippen LogP) is 1.41. The molecule has 0 heterocycles. The summed E-state index contributed by atoms with van der Waals surface area (Å²) in [4.78, 5) is 11.9. The van der Waals surface area contributed by atoms with Gasteiger partial charge in [0.1, 0.15) is 5.75 Å². The number of carbonyl (C=O) groups excluding carboxylic acids is 1. The van der Waals surface area contributed by atoms with Crippen LogP contribution in [0.2, 0.25) is 0 Å². The maximum absolute atomic E-state index is 11.9. The highest BCUT2D eigenvalue weighted by atomic mass is 16.3. The Hall–Kier alpha value is -1.55. The number of nitrogens with one attached hydrogen (secondary N) is 1. The molecular weight excluding hydrogens is 216 g/mol. The average molecular weight is 236 g/mol. The van der Waals surface area contributed by atoms with Gasteiger partial charge in [-0.2, -0.15) is 0 Å². The molecule has 0 saturated heterocycles. The summed E-state index contributed by atoms with van der Waals surface area (Å²) >= 11 is 0. The first-order valence-electron chi connectivity index (χ1n) is 5.76. The van der Waals surface area contributed by atoms with Gasteiger partial charge in [0.15, 0.2) is 0 Å². The fourth-order valence-electron chi connectivity index (χ4n) is 1.43. The first-order valence-corrected chi connectivity index (χ1v) is 5.76.